The van der Waals surface area contributed by atoms with Crippen LogP contribution in [0.25, 0.3) is 22.1 Å². The quantitative estimate of drug-likeness (QED) is 0.703. The predicted octanol–water partition coefficient (Wildman–Crippen LogP) is 3.75. The molecule has 2 heterocycles. The fourth-order valence-electron chi connectivity index (χ4n) is 2.44. The zero-order valence-electron chi connectivity index (χ0n) is 11.8. The molecule has 0 fully saturated rings. The van der Waals surface area contributed by atoms with Gasteiger partial charge in [0.15, 0.2) is 0 Å². The van der Waals surface area contributed by atoms with Crippen LogP contribution in [0.2, 0.25) is 10.0 Å². The first-order valence-corrected chi connectivity index (χ1v) is 7.29. The van der Waals surface area contributed by atoms with Crippen LogP contribution in [-0.2, 0) is 0 Å². The second-order valence-electron chi connectivity index (χ2n) is 4.94. The SMILES string of the molecule is Cc1cc2oc(=N)c(C#N)c(-c3ccc(Cl)cc3Cl)c2c(=O)[nH]1. The van der Waals surface area contributed by atoms with Crippen molar-refractivity contribution in [2.24, 2.45) is 0 Å². The highest BCUT2D eigenvalue weighted by Gasteiger charge is 2.19. The predicted molar refractivity (Wildman–Crippen MR) is 87.6 cm³/mol. The van der Waals surface area contributed by atoms with E-state index in [-0.39, 0.29) is 32.7 Å². The number of pyridine rings is 1. The Morgan fingerprint density at radius 1 is 1.30 bits per heavy atom. The van der Waals surface area contributed by atoms with Gasteiger partial charge in [0.25, 0.3) is 5.56 Å². The van der Waals surface area contributed by atoms with E-state index in [0.717, 1.165) is 0 Å². The minimum Gasteiger partial charge on any atom is -0.437 e. The molecule has 0 unspecified atom stereocenters. The molecule has 0 bridgehead atoms. The van der Waals surface area contributed by atoms with Crippen LogP contribution < -0.4 is 11.1 Å². The highest BCUT2D eigenvalue weighted by molar-refractivity contribution is 6.36. The maximum atomic E-state index is 12.4. The summed E-state index contributed by atoms with van der Waals surface area (Å²) in [6.45, 7) is 1.70. The fourth-order valence-corrected chi connectivity index (χ4v) is 2.95. The molecule has 0 amide bonds. The van der Waals surface area contributed by atoms with Gasteiger partial charge in [-0.1, -0.05) is 29.3 Å². The Kier molecular flexibility index (Phi) is 3.72. The molecule has 114 valence electrons. The van der Waals surface area contributed by atoms with E-state index >= 15 is 0 Å². The third-order valence-corrected chi connectivity index (χ3v) is 3.93. The molecule has 0 spiro atoms. The van der Waals surface area contributed by atoms with E-state index in [2.05, 4.69) is 4.98 Å². The maximum absolute atomic E-state index is 12.4. The van der Waals surface area contributed by atoms with Crippen LogP contribution in [0.5, 0.6) is 0 Å². The number of H-pyrrole nitrogens is 1. The molecule has 3 rings (SSSR count). The summed E-state index contributed by atoms with van der Waals surface area (Å²) < 4.78 is 5.33. The van der Waals surface area contributed by atoms with Gasteiger partial charge in [0.2, 0.25) is 5.55 Å². The van der Waals surface area contributed by atoms with Crippen molar-refractivity contribution in [1.29, 1.82) is 10.7 Å². The van der Waals surface area contributed by atoms with E-state index in [1.165, 1.54) is 6.07 Å². The van der Waals surface area contributed by atoms with Crippen LogP contribution in [0, 0.1) is 23.7 Å². The second kappa shape index (κ2) is 5.58. The Bertz CT molecular complexity index is 1110. The third-order valence-electron chi connectivity index (χ3n) is 3.38. The van der Waals surface area contributed by atoms with Crippen molar-refractivity contribution in [3.63, 3.8) is 0 Å². The molecule has 5 nitrogen and oxygen atoms in total. The van der Waals surface area contributed by atoms with Crippen molar-refractivity contribution in [3.8, 4) is 17.2 Å². The molecular weight excluding hydrogens is 337 g/mol. The minimum absolute atomic E-state index is 0.0592. The summed E-state index contributed by atoms with van der Waals surface area (Å²) in [5.41, 5.74) is 0.709. The van der Waals surface area contributed by atoms with Gasteiger partial charge in [-0.2, -0.15) is 5.26 Å². The topological polar surface area (TPSA) is 93.6 Å². The summed E-state index contributed by atoms with van der Waals surface area (Å²) in [6, 6.07) is 8.24. The van der Waals surface area contributed by atoms with E-state index in [9.17, 15) is 10.1 Å². The number of halogens is 2. The van der Waals surface area contributed by atoms with Crippen LogP contribution >= 0.6 is 23.2 Å². The molecule has 0 aliphatic carbocycles. The van der Waals surface area contributed by atoms with E-state index < -0.39 is 5.56 Å². The molecule has 7 heteroatoms. The maximum Gasteiger partial charge on any atom is 0.259 e. The van der Waals surface area contributed by atoms with Gasteiger partial charge in [-0.25, -0.2) is 0 Å². The summed E-state index contributed by atoms with van der Waals surface area (Å²) in [4.78, 5) is 15.1. The van der Waals surface area contributed by atoms with Gasteiger partial charge in [-0.15, -0.1) is 0 Å². The molecular formula is C16H9Cl2N3O2. The number of aromatic nitrogens is 1. The van der Waals surface area contributed by atoms with Crippen molar-refractivity contribution in [1.82, 2.24) is 4.98 Å². The number of rotatable bonds is 1. The minimum atomic E-state index is -0.415. The molecule has 3 aromatic rings. The number of hydrogen-bond donors (Lipinski definition) is 2. The molecule has 23 heavy (non-hydrogen) atoms. The Morgan fingerprint density at radius 2 is 2.04 bits per heavy atom. The number of aromatic amines is 1. The van der Waals surface area contributed by atoms with Crippen LogP contribution in [0.1, 0.15) is 11.3 Å². The van der Waals surface area contributed by atoms with Crippen molar-refractivity contribution in [2.45, 2.75) is 6.92 Å². The number of benzene rings is 1. The van der Waals surface area contributed by atoms with E-state index in [0.29, 0.717) is 16.3 Å². The molecule has 0 saturated carbocycles. The number of nitrogens with one attached hydrogen (secondary N) is 2. The van der Waals surface area contributed by atoms with Gasteiger partial charge >= 0.3 is 0 Å². The van der Waals surface area contributed by atoms with E-state index in [1.54, 1.807) is 25.1 Å². The van der Waals surface area contributed by atoms with Gasteiger partial charge in [-0.3, -0.25) is 10.2 Å². The monoisotopic (exact) mass is 345 g/mol. The number of nitriles is 1. The zero-order chi connectivity index (χ0) is 16.7. The second-order valence-corrected chi connectivity index (χ2v) is 5.78. The lowest BCUT2D eigenvalue weighted by molar-refractivity contribution is 0.530. The highest BCUT2D eigenvalue weighted by Crippen LogP contribution is 2.34. The van der Waals surface area contributed by atoms with Crippen molar-refractivity contribution in [3.05, 3.63) is 61.5 Å². The van der Waals surface area contributed by atoms with Gasteiger partial charge in [0.05, 0.1) is 5.39 Å². The first kappa shape index (κ1) is 15.3. The smallest absolute Gasteiger partial charge is 0.259 e. The lowest BCUT2D eigenvalue weighted by Crippen LogP contribution is -2.15. The lowest BCUT2D eigenvalue weighted by atomic mass is 9.98. The van der Waals surface area contributed by atoms with Crippen molar-refractivity contribution in [2.75, 3.05) is 0 Å². The van der Waals surface area contributed by atoms with E-state index in [4.69, 9.17) is 33.0 Å². The largest absolute Gasteiger partial charge is 0.437 e. The molecule has 2 N–H and O–H groups in total. The average molecular weight is 346 g/mol. The molecule has 0 atom stereocenters. The van der Waals surface area contributed by atoms with Gasteiger partial charge < -0.3 is 9.40 Å². The number of hydrogen-bond acceptors (Lipinski definition) is 4. The average Bonchev–Trinajstić information content (AvgIpc) is 2.45. The highest BCUT2D eigenvalue weighted by atomic mass is 35.5. The molecule has 0 saturated heterocycles. The molecule has 0 aliphatic heterocycles. The molecule has 0 aliphatic rings. The Hall–Kier alpha value is -2.55. The van der Waals surface area contributed by atoms with Crippen LogP contribution in [-0.4, -0.2) is 4.98 Å². The molecule has 1 aromatic carbocycles. The van der Waals surface area contributed by atoms with Gasteiger partial charge in [-0.05, 0) is 19.1 Å². The Morgan fingerprint density at radius 3 is 2.70 bits per heavy atom. The standard InChI is InChI=1S/C16H9Cl2N3O2/c1-7-4-12-14(16(22)21-7)13(10(6-19)15(20)23-12)9-3-2-8(17)5-11(9)18/h2-5,20H,1H3,(H,21,22). The van der Waals surface area contributed by atoms with Crippen molar-refractivity contribution < 1.29 is 4.42 Å². The summed E-state index contributed by atoms with van der Waals surface area (Å²) in [6.07, 6.45) is 0. The zero-order valence-corrected chi connectivity index (χ0v) is 13.3. The Balaban J connectivity index is 2.60. The Labute approximate surface area is 140 Å². The van der Waals surface area contributed by atoms with Crippen LogP contribution in [0.15, 0.2) is 33.5 Å². The first-order chi connectivity index (χ1) is 10.9. The van der Waals surface area contributed by atoms with Crippen LogP contribution in [0.4, 0.5) is 0 Å². The summed E-state index contributed by atoms with van der Waals surface area (Å²) in [5, 5.41) is 18.2. The summed E-state index contributed by atoms with van der Waals surface area (Å²) in [7, 11) is 0. The van der Waals surface area contributed by atoms with Gasteiger partial charge in [0, 0.05) is 32.9 Å². The normalized spacial score (nSPS) is 10.7. The summed E-state index contributed by atoms with van der Waals surface area (Å²) in [5.74, 6) is 0. The fraction of sp³-hybridized carbons (Fsp3) is 0.0625. The van der Waals surface area contributed by atoms with Gasteiger partial charge in [0.1, 0.15) is 17.2 Å². The summed E-state index contributed by atoms with van der Waals surface area (Å²) >= 11 is 12.1. The lowest BCUT2D eigenvalue weighted by Gasteiger charge is -2.10. The number of aryl methyl sites for hydroxylation is 1. The first-order valence-electron chi connectivity index (χ1n) is 6.53. The molecule has 2 aromatic heterocycles. The number of fused-ring (bicyclic) bond motifs is 1. The van der Waals surface area contributed by atoms with E-state index in [1.807, 2.05) is 6.07 Å². The van der Waals surface area contributed by atoms with Crippen molar-refractivity contribution >= 4 is 34.2 Å². The van der Waals surface area contributed by atoms with Crippen LogP contribution in [0.3, 0.4) is 0 Å². The number of nitrogens with zero attached hydrogens (tertiary/aromatic N) is 1. The third kappa shape index (κ3) is 2.52. The molecule has 0 radical (unpaired) electrons.